The second kappa shape index (κ2) is 7.69. The van der Waals surface area contributed by atoms with Crippen LogP contribution in [0.5, 0.6) is 0 Å². The van der Waals surface area contributed by atoms with Crippen LogP contribution in [0, 0.1) is 11.8 Å². The molecule has 10 nitrogen and oxygen atoms in total. The fourth-order valence-electron chi connectivity index (χ4n) is 3.45. The first-order valence-electron chi connectivity index (χ1n) is 8.49. The first-order valence-corrected chi connectivity index (χ1v) is 9.66. The minimum Gasteiger partial charge on any atom is -0.330 e. The molecule has 0 radical (unpaired) electrons. The fourth-order valence-corrected chi connectivity index (χ4v) is 4.00. The molecule has 0 aromatic heterocycles. The highest BCUT2D eigenvalue weighted by molar-refractivity contribution is 7.80. The number of hydrogen-bond acceptors (Lipinski definition) is 7. The normalized spacial score (nSPS) is 29.6. The van der Waals surface area contributed by atoms with Gasteiger partial charge in [0, 0.05) is 18.7 Å². The van der Waals surface area contributed by atoms with Crippen molar-refractivity contribution in [3.05, 3.63) is 12.2 Å². The molecule has 2 unspecified atom stereocenters. The topological polar surface area (TPSA) is 138 Å². The Labute approximate surface area is 156 Å². The van der Waals surface area contributed by atoms with Gasteiger partial charge in [-0.3, -0.25) is 24.1 Å². The molecule has 146 valence electrons. The first kappa shape index (κ1) is 19.4. The number of carbonyl (C=O) groups is 5. The van der Waals surface area contributed by atoms with Crippen LogP contribution in [0.4, 0.5) is 0 Å². The van der Waals surface area contributed by atoms with Gasteiger partial charge in [0.1, 0.15) is 0 Å². The van der Waals surface area contributed by atoms with Crippen molar-refractivity contribution in [3.63, 3.8) is 0 Å². The minimum absolute atomic E-state index is 0.0677. The largest absolute Gasteiger partial charge is 0.336 e. The molecular weight excluding hydrogens is 380 g/mol. The smallest absolute Gasteiger partial charge is 0.330 e. The highest BCUT2D eigenvalue weighted by atomic mass is 32.2. The third-order valence-corrected chi connectivity index (χ3v) is 5.86. The Bertz CT molecular complexity index is 738. The average molecular weight is 398 g/mol. The van der Waals surface area contributed by atoms with E-state index >= 15 is 0 Å². The Morgan fingerprint density at radius 2 is 1.70 bits per heavy atom. The molecule has 2 atom stereocenters. The number of carbonyl (C=O) groups excluding carboxylic acids is 5. The average Bonchev–Trinajstić information content (AvgIpc) is 3.10. The summed E-state index contributed by atoms with van der Waals surface area (Å²) in [4.78, 5) is 65.1. The molecule has 4 amide bonds. The third kappa shape index (κ3) is 3.98. The predicted octanol–water partition coefficient (Wildman–Crippen LogP) is -0.475. The van der Waals surface area contributed by atoms with Crippen LogP contribution >= 0.6 is 0 Å². The number of rotatable bonds is 5. The second-order valence-corrected chi connectivity index (χ2v) is 7.87. The predicted molar refractivity (Wildman–Crippen MR) is 88.4 cm³/mol. The number of nitrogens with zero attached hydrogens (tertiary/aromatic N) is 2. The SMILES string of the molecule is O=C(ON1C(=O)CC(S(=O)O)C1=O)C1CCC(CN2C(=O)C=CC2=O)CC1. The standard InChI is InChI=1S/C16H18N2O8S/c19-12-5-6-13(20)17(12)8-9-1-3-10(4-2-9)16(23)26-18-14(21)7-11(15(18)22)27(24)25/h5-6,9-11H,1-4,7-8H2,(H,24,25). The summed E-state index contributed by atoms with van der Waals surface area (Å²) < 4.78 is 20.0. The van der Waals surface area contributed by atoms with E-state index in [2.05, 4.69) is 0 Å². The highest BCUT2D eigenvalue weighted by Crippen LogP contribution is 2.31. The van der Waals surface area contributed by atoms with E-state index in [4.69, 9.17) is 9.39 Å². The Morgan fingerprint density at radius 3 is 2.22 bits per heavy atom. The van der Waals surface area contributed by atoms with Crippen molar-refractivity contribution < 1.29 is 37.6 Å². The zero-order valence-corrected chi connectivity index (χ0v) is 15.1. The van der Waals surface area contributed by atoms with E-state index in [0.29, 0.717) is 32.2 Å². The maximum absolute atomic E-state index is 12.2. The summed E-state index contributed by atoms with van der Waals surface area (Å²) in [6.07, 6.45) is 4.00. The molecule has 2 fully saturated rings. The Balaban J connectivity index is 1.50. The van der Waals surface area contributed by atoms with Gasteiger partial charge in [0.05, 0.1) is 12.3 Å². The molecule has 3 aliphatic rings. The zero-order valence-electron chi connectivity index (χ0n) is 14.2. The summed E-state index contributed by atoms with van der Waals surface area (Å²) in [5.41, 5.74) is 0. The monoisotopic (exact) mass is 398 g/mol. The van der Waals surface area contributed by atoms with Crippen molar-refractivity contribution in [2.45, 2.75) is 37.4 Å². The summed E-state index contributed by atoms with van der Waals surface area (Å²) >= 11 is -2.51. The van der Waals surface area contributed by atoms with E-state index in [1.807, 2.05) is 0 Å². The lowest BCUT2D eigenvalue weighted by Gasteiger charge is -2.29. The van der Waals surface area contributed by atoms with Crippen LogP contribution in [-0.2, 0) is 39.9 Å². The Kier molecular flexibility index (Phi) is 5.51. The maximum atomic E-state index is 12.2. The van der Waals surface area contributed by atoms with E-state index in [0.717, 1.165) is 0 Å². The van der Waals surface area contributed by atoms with Crippen molar-refractivity contribution in [2.24, 2.45) is 11.8 Å². The van der Waals surface area contributed by atoms with Crippen LogP contribution in [0.25, 0.3) is 0 Å². The van der Waals surface area contributed by atoms with Gasteiger partial charge in [-0.1, -0.05) is 0 Å². The number of hydroxylamine groups is 2. The molecule has 0 spiro atoms. The molecule has 1 saturated carbocycles. The quantitative estimate of drug-likeness (QED) is 0.484. The summed E-state index contributed by atoms with van der Waals surface area (Å²) in [6.45, 7) is 0.291. The van der Waals surface area contributed by atoms with Gasteiger partial charge in [0.2, 0.25) is 0 Å². The van der Waals surface area contributed by atoms with Crippen molar-refractivity contribution >= 4 is 40.7 Å². The van der Waals surface area contributed by atoms with Crippen LogP contribution < -0.4 is 0 Å². The lowest BCUT2D eigenvalue weighted by Crippen LogP contribution is -2.39. The van der Waals surface area contributed by atoms with Crippen molar-refractivity contribution in [2.75, 3.05) is 6.54 Å². The molecule has 1 aliphatic carbocycles. The van der Waals surface area contributed by atoms with Crippen LogP contribution in [0.3, 0.4) is 0 Å². The van der Waals surface area contributed by atoms with Gasteiger partial charge in [-0.25, -0.2) is 9.00 Å². The van der Waals surface area contributed by atoms with Gasteiger partial charge in [-0.15, -0.1) is 5.06 Å². The molecule has 0 aromatic rings. The molecule has 11 heteroatoms. The number of hydrogen-bond donors (Lipinski definition) is 1. The van der Waals surface area contributed by atoms with Gasteiger partial charge < -0.3 is 9.39 Å². The summed E-state index contributed by atoms with van der Waals surface area (Å²) in [5.74, 6) is -3.71. The summed E-state index contributed by atoms with van der Waals surface area (Å²) in [7, 11) is 0. The van der Waals surface area contributed by atoms with Gasteiger partial charge >= 0.3 is 5.97 Å². The van der Waals surface area contributed by atoms with Crippen molar-refractivity contribution in [1.82, 2.24) is 9.96 Å². The number of imide groups is 2. The van der Waals surface area contributed by atoms with Gasteiger partial charge in [0.25, 0.3) is 23.6 Å². The molecule has 2 heterocycles. The molecule has 2 aliphatic heterocycles. The van der Waals surface area contributed by atoms with Gasteiger partial charge in [-0.2, -0.15) is 0 Å². The molecule has 0 bridgehead atoms. The van der Waals surface area contributed by atoms with Crippen LogP contribution in [0.15, 0.2) is 12.2 Å². The molecule has 3 rings (SSSR count). The van der Waals surface area contributed by atoms with E-state index in [9.17, 15) is 28.2 Å². The summed E-state index contributed by atoms with van der Waals surface area (Å²) in [5, 5.41) is -1.13. The maximum Gasteiger partial charge on any atom is 0.336 e. The van der Waals surface area contributed by atoms with Crippen molar-refractivity contribution in [3.8, 4) is 0 Å². The Hall–Kier alpha value is -2.40. The van der Waals surface area contributed by atoms with Crippen LogP contribution in [-0.4, -0.2) is 60.1 Å². The van der Waals surface area contributed by atoms with E-state index < -0.39 is 46.5 Å². The van der Waals surface area contributed by atoms with Crippen molar-refractivity contribution in [1.29, 1.82) is 0 Å². The molecule has 1 N–H and O–H groups in total. The van der Waals surface area contributed by atoms with E-state index in [1.165, 1.54) is 17.1 Å². The lowest BCUT2D eigenvalue weighted by atomic mass is 9.82. The third-order valence-electron chi connectivity index (χ3n) is 5.01. The minimum atomic E-state index is -2.51. The fraction of sp³-hybridized carbons (Fsp3) is 0.562. The van der Waals surface area contributed by atoms with Crippen LogP contribution in [0.1, 0.15) is 32.1 Å². The van der Waals surface area contributed by atoms with E-state index in [1.54, 1.807) is 0 Å². The van der Waals surface area contributed by atoms with E-state index in [-0.39, 0.29) is 22.8 Å². The molecule has 27 heavy (non-hydrogen) atoms. The molecular formula is C16H18N2O8S. The molecule has 1 saturated heterocycles. The van der Waals surface area contributed by atoms with Gasteiger partial charge in [-0.05, 0) is 31.6 Å². The summed E-state index contributed by atoms with van der Waals surface area (Å²) in [6, 6.07) is 0. The Morgan fingerprint density at radius 1 is 1.11 bits per heavy atom. The van der Waals surface area contributed by atoms with Gasteiger partial charge in [0.15, 0.2) is 16.3 Å². The van der Waals surface area contributed by atoms with Crippen LogP contribution in [0.2, 0.25) is 0 Å². The number of amides is 4. The molecule has 0 aromatic carbocycles. The lowest BCUT2D eigenvalue weighted by molar-refractivity contribution is -0.201. The second-order valence-electron chi connectivity index (χ2n) is 6.74. The highest BCUT2D eigenvalue weighted by Gasteiger charge is 2.45. The first-order chi connectivity index (χ1) is 12.8. The zero-order chi connectivity index (χ0) is 19.7.